The second-order valence-electron chi connectivity index (χ2n) is 7.30. The Morgan fingerprint density at radius 2 is 1.81 bits per heavy atom. The summed E-state index contributed by atoms with van der Waals surface area (Å²) in [6, 6.07) is 3.33. The Morgan fingerprint density at radius 3 is 2.38 bits per heavy atom. The molecule has 0 unspecified atom stereocenters. The lowest BCUT2D eigenvalue weighted by Crippen LogP contribution is -2.50. The zero-order chi connectivity index (χ0) is 19.1. The molecule has 9 heteroatoms. The molecule has 1 aromatic heterocycles. The Morgan fingerprint density at radius 1 is 1.15 bits per heavy atom. The largest absolute Gasteiger partial charge is 0.478 e. The van der Waals surface area contributed by atoms with Crippen LogP contribution >= 0.6 is 0 Å². The van der Waals surface area contributed by atoms with Crippen molar-refractivity contribution in [1.82, 2.24) is 19.9 Å². The summed E-state index contributed by atoms with van der Waals surface area (Å²) < 4.78 is 7.00. The minimum atomic E-state index is -1.03. The van der Waals surface area contributed by atoms with Gasteiger partial charge >= 0.3 is 12.1 Å². The number of rotatable bonds is 2. The molecule has 0 spiro atoms. The van der Waals surface area contributed by atoms with Gasteiger partial charge < -0.3 is 19.6 Å². The van der Waals surface area contributed by atoms with Gasteiger partial charge in [-0.2, -0.15) is 0 Å². The number of fused-ring (bicyclic) bond motifs is 1. The Hall–Kier alpha value is -2.84. The third-order valence-corrected chi connectivity index (χ3v) is 4.23. The first-order valence-electron chi connectivity index (χ1n) is 8.46. The van der Waals surface area contributed by atoms with Gasteiger partial charge in [0.2, 0.25) is 0 Å². The molecule has 140 valence electrons. The fraction of sp³-hybridized carbons (Fsp3) is 0.529. The molecule has 9 nitrogen and oxygen atoms in total. The van der Waals surface area contributed by atoms with E-state index >= 15 is 0 Å². The van der Waals surface area contributed by atoms with E-state index in [9.17, 15) is 14.7 Å². The maximum absolute atomic E-state index is 12.2. The van der Waals surface area contributed by atoms with E-state index in [0.717, 1.165) is 5.69 Å². The number of piperazine rings is 1. The quantitative estimate of drug-likeness (QED) is 0.869. The molecule has 0 radical (unpaired) electrons. The summed E-state index contributed by atoms with van der Waals surface area (Å²) in [5.74, 6) is -1.03. The van der Waals surface area contributed by atoms with Gasteiger partial charge in [-0.05, 0) is 32.9 Å². The van der Waals surface area contributed by atoms with E-state index in [1.807, 2.05) is 20.8 Å². The molecule has 0 bridgehead atoms. The van der Waals surface area contributed by atoms with E-state index < -0.39 is 11.6 Å². The van der Waals surface area contributed by atoms with E-state index in [1.54, 1.807) is 28.8 Å². The summed E-state index contributed by atoms with van der Waals surface area (Å²) in [7, 11) is 1.74. The first-order valence-corrected chi connectivity index (χ1v) is 8.46. The highest BCUT2D eigenvalue weighted by atomic mass is 16.6. The Bertz CT molecular complexity index is 847. The highest BCUT2D eigenvalue weighted by Crippen LogP contribution is 2.29. The molecule has 1 aliphatic rings. The number of hydrogen-bond acceptors (Lipinski definition) is 6. The van der Waals surface area contributed by atoms with Gasteiger partial charge in [0, 0.05) is 33.2 Å². The first-order chi connectivity index (χ1) is 12.2. The minimum absolute atomic E-state index is 0.129. The number of carbonyl (C=O) groups is 2. The van der Waals surface area contributed by atoms with Crippen molar-refractivity contribution in [3.8, 4) is 0 Å². The van der Waals surface area contributed by atoms with Crippen LogP contribution in [-0.2, 0) is 11.8 Å². The maximum Gasteiger partial charge on any atom is 0.410 e. The monoisotopic (exact) mass is 361 g/mol. The Kier molecular flexibility index (Phi) is 4.47. The average Bonchev–Trinajstić information content (AvgIpc) is 2.95. The topological polar surface area (TPSA) is 101 Å². The summed E-state index contributed by atoms with van der Waals surface area (Å²) in [6.45, 7) is 7.83. The van der Waals surface area contributed by atoms with Crippen LogP contribution in [0.25, 0.3) is 11.0 Å². The third-order valence-electron chi connectivity index (χ3n) is 4.23. The molecule has 1 saturated heterocycles. The molecule has 26 heavy (non-hydrogen) atoms. The summed E-state index contributed by atoms with van der Waals surface area (Å²) in [4.78, 5) is 27.4. The minimum Gasteiger partial charge on any atom is -0.478 e. The van der Waals surface area contributed by atoms with Crippen LogP contribution in [-0.4, -0.2) is 68.8 Å². The number of amides is 1. The lowest BCUT2D eigenvalue weighted by Gasteiger charge is -2.37. The molecule has 0 atom stereocenters. The highest BCUT2D eigenvalue weighted by molar-refractivity contribution is 6.04. The van der Waals surface area contributed by atoms with Crippen molar-refractivity contribution >= 4 is 28.8 Å². The number of hydrogen-bond donors (Lipinski definition) is 1. The zero-order valence-electron chi connectivity index (χ0n) is 15.4. The van der Waals surface area contributed by atoms with E-state index in [4.69, 9.17) is 4.74 Å². The molecular weight excluding hydrogens is 338 g/mol. The fourth-order valence-electron chi connectivity index (χ4n) is 3.03. The maximum atomic E-state index is 12.2. The van der Waals surface area contributed by atoms with Crippen LogP contribution in [0.4, 0.5) is 10.5 Å². The summed E-state index contributed by atoms with van der Waals surface area (Å²) in [5.41, 5.74) is 1.52. The number of nitrogens with zero attached hydrogens (tertiary/aromatic N) is 5. The molecule has 1 aliphatic heterocycles. The fourth-order valence-corrected chi connectivity index (χ4v) is 3.03. The number of carbonyl (C=O) groups excluding carboxylic acids is 1. The van der Waals surface area contributed by atoms with Gasteiger partial charge in [0.1, 0.15) is 16.6 Å². The number of ether oxygens (including phenoxy) is 1. The van der Waals surface area contributed by atoms with Gasteiger partial charge in [-0.25, -0.2) is 14.3 Å². The van der Waals surface area contributed by atoms with Gasteiger partial charge in [-0.15, -0.1) is 5.10 Å². The number of carboxylic acid groups (broad SMARTS) is 1. The van der Waals surface area contributed by atoms with Gasteiger partial charge in [0.15, 0.2) is 0 Å². The van der Waals surface area contributed by atoms with Gasteiger partial charge in [0.25, 0.3) is 0 Å². The van der Waals surface area contributed by atoms with Crippen molar-refractivity contribution in [2.45, 2.75) is 26.4 Å². The summed E-state index contributed by atoms with van der Waals surface area (Å²) in [5, 5.41) is 17.3. The third kappa shape index (κ3) is 3.42. The van der Waals surface area contributed by atoms with Crippen LogP contribution in [0.3, 0.4) is 0 Å². The van der Waals surface area contributed by atoms with Crippen LogP contribution in [0, 0.1) is 0 Å². The highest BCUT2D eigenvalue weighted by Gasteiger charge is 2.27. The zero-order valence-corrected chi connectivity index (χ0v) is 15.4. The van der Waals surface area contributed by atoms with Gasteiger partial charge in [0.05, 0.1) is 11.3 Å². The standard InChI is InChI=1S/C17H23N5O4/c1-17(2,3)26-16(25)22-9-7-21(8-10-22)12-6-5-11(15(23)24)13-14(12)20(4)19-18-13/h5-6H,7-10H2,1-4H3,(H,23,24). The van der Waals surface area contributed by atoms with Crippen LogP contribution in [0.1, 0.15) is 31.1 Å². The van der Waals surface area contributed by atoms with Crippen molar-refractivity contribution < 1.29 is 19.4 Å². The van der Waals surface area contributed by atoms with Crippen molar-refractivity contribution in [2.75, 3.05) is 31.1 Å². The lowest BCUT2D eigenvalue weighted by molar-refractivity contribution is 0.0240. The van der Waals surface area contributed by atoms with Gasteiger partial charge in [-0.3, -0.25) is 0 Å². The Labute approximate surface area is 151 Å². The first kappa shape index (κ1) is 18.0. The smallest absolute Gasteiger partial charge is 0.410 e. The predicted octanol–water partition coefficient (Wildman–Crippen LogP) is 1.72. The van der Waals surface area contributed by atoms with E-state index in [0.29, 0.717) is 37.2 Å². The number of aromatic carboxylic acids is 1. The molecule has 1 N–H and O–H groups in total. The molecule has 0 aliphatic carbocycles. The summed E-state index contributed by atoms with van der Waals surface area (Å²) >= 11 is 0. The van der Waals surface area contributed by atoms with Crippen molar-refractivity contribution in [1.29, 1.82) is 0 Å². The summed E-state index contributed by atoms with van der Waals surface area (Å²) in [6.07, 6.45) is -0.314. The van der Waals surface area contributed by atoms with Crippen LogP contribution in [0.15, 0.2) is 12.1 Å². The van der Waals surface area contributed by atoms with Crippen LogP contribution in [0.5, 0.6) is 0 Å². The number of aromatic nitrogens is 3. The molecule has 2 aromatic rings. The lowest BCUT2D eigenvalue weighted by atomic mass is 10.1. The SMILES string of the molecule is Cn1nnc2c(C(=O)O)ccc(N3CCN(C(=O)OC(C)(C)C)CC3)c21. The normalized spacial score (nSPS) is 15.4. The number of carboxylic acids is 1. The van der Waals surface area contributed by atoms with E-state index in [1.165, 1.54) is 0 Å². The van der Waals surface area contributed by atoms with Crippen LogP contribution in [0.2, 0.25) is 0 Å². The van der Waals surface area contributed by atoms with Crippen LogP contribution < -0.4 is 4.90 Å². The van der Waals surface area contributed by atoms with Gasteiger partial charge in [-0.1, -0.05) is 5.21 Å². The molecule has 1 aromatic carbocycles. The van der Waals surface area contributed by atoms with Crippen molar-refractivity contribution in [3.05, 3.63) is 17.7 Å². The van der Waals surface area contributed by atoms with E-state index in [-0.39, 0.29) is 11.7 Å². The molecule has 2 heterocycles. The number of benzene rings is 1. The number of anilines is 1. The molecule has 0 saturated carbocycles. The average molecular weight is 361 g/mol. The van der Waals surface area contributed by atoms with Crippen molar-refractivity contribution in [3.63, 3.8) is 0 Å². The van der Waals surface area contributed by atoms with Crippen molar-refractivity contribution in [2.24, 2.45) is 7.05 Å². The molecule has 1 amide bonds. The molecule has 1 fully saturated rings. The molecule has 3 rings (SSSR count). The molecular formula is C17H23N5O4. The second kappa shape index (κ2) is 6.47. The predicted molar refractivity (Wildman–Crippen MR) is 95.5 cm³/mol. The number of aryl methyl sites for hydroxylation is 1. The second-order valence-corrected chi connectivity index (χ2v) is 7.30. The van der Waals surface area contributed by atoms with E-state index in [2.05, 4.69) is 15.2 Å². The Balaban J connectivity index is 1.80.